The summed E-state index contributed by atoms with van der Waals surface area (Å²) in [6.07, 6.45) is 0. The summed E-state index contributed by atoms with van der Waals surface area (Å²) >= 11 is 0. The van der Waals surface area contributed by atoms with Gasteiger partial charge in [-0.05, 0) is 30.3 Å². The molecule has 10 heteroatoms. The smallest absolute Gasteiger partial charge is 0.286 e. The maximum atomic E-state index is 12.9. The number of nitrogens with zero attached hydrogens (tertiary/aromatic N) is 2. The van der Waals surface area contributed by atoms with Gasteiger partial charge in [-0.2, -0.15) is 0 Å². The molecular formula is C23H17N3O7. The SMILES string of the molecule is COc1cc(C(=O)Nc2cccc(N3C(=O)c4ccccc4C3=O)c2)c([N+](=O)[O-])cc1OC. The highest BCUT2D eigenvalue weighted by Crippen LogP contribution is 2.35. The number of carbonyl (C=O) groups excluding carboxylic acids is 3. The fourth-order valence-electron chi connectivity index (χ4n) is 3.55. The number of amides is 3. The second-order valence-corrected chi connectivity index (χ2v) is 6.98. The van der Waals surface area contributed by atoms with Crippen molar-refractivity contribution in [3.05, 3.63) is 87.5 Å². The summed E-state index contributed by atoms with van der Waals surface area (Å²) < 4.78 is 10.2. The number of nitro groups is 1. The molecule has 0 unspecified atom stereocenters. The average molecular weight is 447 g/mol. The number of methoxy groups -OCH3 is 2. The van der Waals surface area contributed by atoms with Gasteiger partial charge in [0.25, 0.3) is 23.4 Å². The van der Waals surface area contributed by atoms with Gasteiger partial charge in [0.05, 0.1) is 42.0 Å². The summed E-state index contributed by atoms with van der Waals surface area (Å²) in [5.74, 6) is -1.48. The van der Waals surface area contributed by atoms with Crippen LogP contribution in [0.5, 0.6) is 11.5 Å². The van der Waals surface area contributed by atoms with E-state index in [-0.39, 0.29) is 39.6 Å². The predicted molar refractivity (Wildman–Crippen MR) is 118 cm³/mol. The summed E-state index contributed by atoms with van der Waals surface area (Å²) in [7, 11) is 2.67. The second-order valence-electron chi connectivity index (χ2n) is 6.98. The maximum absolute atomic E-state index is 12.9. The summed E-state index contributed by atoms with van der Waals surface area (Å²) in [6.45, 7) is 0. The van der Waals surface area contributed by atoms with E-state index in [1.165, 1.54) is 32.4 Å². The van der Waals surface area contributed by atoms with E-state index in [1.54, 1.807) is 36.4 Å². The van der Waals surface area contributed by atoms with E-state index in [0.29, 0.717) is 0 Å². The lowest BCUT2D eigenvalue weighted by molar-refractivity contribution is -0.385. The standard InChI is InChI=1S/C23H17N3O7/c1-32-19-11-17(18(26(30)31)12-20(19)33-2)21(27)24-13-6-5-7-14(10-13)25-22(28)15-8-3-4-9-16(15)23(25)29/h3-12H,1-2H3,(H,24,27). The number of rotatable bonds is 6. The Morgan fingerprint density at radius 1 is 0.909 bits per heavy atom. The molecule has 0 bridgehead atoms. The van der Waals surface area contributed by atoms with Crippen LogP contribution in [0.4, 0.5) is 17.1 Å². The van der Waals surface area contributed by atoms with Crippen molar-refractivity contribution in [2.75, 3.05) is 24.4 Å². The van der Waals surface area contributed by atoms with Crippen LogP contribution in [0.1, 0.15) is 31.1 Å². The molecule has 0 fully saturated rings. The van der Waals surface area contributed by atoms with Crippen molar-refractivity contribution < 1.29 is 28.8 Å². The Labute approximate surface area is 187 Å². The molecule has 1 heterocycles. The second kappa shape index (κ2) is 8.42. The van der Waals surface area contributed by atoms with Gasteiger partial charge in [0.15, 0.2) is 11.5 Å². The molecule has 0 saturated carbocycles. The van der Waals surface area contributed by atoms with Crippen LogP contribution in [-0.2, 0) is 0 Å². The van der Waals surface area contributed by atoms with E-state index >= 15 is 0 Å². The van der Waals surface area contributed by atoms with Crippen LogP contribution < -0.4 is 19.7 Å². The zero-order valence-electron chi connectivity index (χ0n) is 17.5. The van der Waals surface area contributed by atoms with Crippen LogP contribution in [0.3, 0.4) is 0 Å². The molecule has 3 aromatic carbocycles. The monoisotopic (exact) mass is 447 g/mol. The molecular weight excluding hydrogens is 430 g/mol. The fourth-order valence-corrected chi connectivity index (χ4v) is 3.55. The highest BCUT2D eigenvalue weighted by Gasteiger charge is 2.36. The maximum Gasteiger partial charge on any atom is 0.286 e. The van der Waals surface area contributed by atoms with Crippen molar-refractivity contribution in [3.8, 4) is 11.5 Å². The topological polar surface area (TPSA) is 128 Å². The first-order valence-corrected chi connectivity index (χ1v) is 9.65. The number of benzene rings is 3. The quantitative estimate of drug-likeness (QED) is 0.347. The minimum Gasteiger partial charge on any atom is -0.493 e. The van der Waals surface area contributed by atoms with E-state index in [1.807, 2.05) is 0 Å². The van der Waals surface area contributed by atoms with Crippen molar-refractivity contribution >= 4 is 34.8 Å². The van der Waals surface area contributed by atoms with Crippen LogP contribution in [0.2, 0.25) is 0 Å². The van der Waals surface area contributed by atoms with Gasteiger partial charge < -0.3 is 14.8 Å². The fraction of sp³-hybridized carbons (Fsp3) is 0.0870. The molecule has 1 aliphatic heterocycles. The molecule has 0 radical (unpaired) electrons. The minimum atomic E-state index is -0.776. The van der Waals surface area contributed by atoms with E-state index in [0.717, 1.165) is 11.0 Å². The van der Waals surface area contributed by atoms with Crippen molar-refractivity contribution in [1.29, 1.82) is 0 Å². The lowest BCUT2D eigenvalue weighted by atomic mass is 10.1. The van der Waals surface area contributed by atoms with Gasteiger partial charge in [-0.15, -0.1) is 0 Å². The van der Waals surface area contributed by atoms with Gasteiger partial charge in [-0.25, -0.2) is 4.90 Å². The summed E-state index contributed by atoms with van der Waals surface area (Å²) in [4.78, 5) is 50.2. The Morgan fingerprint density at radius 3 is 2.09 bits per heavy atom. The van der Waals surface area contributed by atoms with Gasteiger partial charge in [-0.3, -0.25) is 24.5 Å². The van der Waals surface area contributed by atoms with Crippen molar-refractivity contribution in [2.45, 2.75) is 0 Å². The third-order valence-electron chi connectivity index (χ3n) is 5.10. The van der Waals surface area contributed by atoms with Gasteiger partial charge in [-0.1, -0.05) is 18.2 Å². The van der Waals surface area contributed by atoms with Crippen LogP contribution in [0.15, 0.2) is 60.7 Å². The first-order valence-electron chi connectivity index (χ1n) is 9.65. The number of hydrogen-bond donors (Lipinski definition) is 1. The first kappa shape index (κ1) is 21.5. The average Bonchev–Trinajstić information content (AvgIpc) is 3.08. The van der Waals surface area contributed by atoms with Gasteiger partial charge in [0.2, 0.25) is 0 Å². The van der Waals surface area contributed by atoms with Crippen LogP contribution >= 0.6 is 0 Å². The number of ether oxygens (including phenoxy) is 2. The Balaban J connectivity index is 1.65. The third-order valence-corrected chi connectivity index (χ3v) is 5.10. The summed E-state index contributed by atoms with van der Waals surface area (Å²) in [5.41, 5.74) is 0.347. The molecule has 1 N–H and O–H groups in total. The van der Waals surface area contributed by atoms with Crippen molar-refractivity contribution in [1.82, 2.24) is 0 Å². The first-order chi connectivity index (χ1) is 15.8. The molecule has 0 saturated heterocycles. The molecule has 33 heavy (non-hydrogen) atoms. The number of fused-ring (bicyclic) bond motifs is 1. The zero-order valence-corrected chi connectivity index (χ0v) is 17.5. The Morgan fingerprint density at radius 2 is 1.52 bits per heavy atom. The molecule has 0 aromatic heterocycles. The van der Waals surface area contributed by atoms with Gasteiger partial charge in [0, 0.05) is 11.8 Å². The van der Waals surface area contributed by atoms with E-state index in [2.05, 4.69) is 5.32 Å². The molecule has 0 atom stereocenters. The molecule has 1 aliphatic rings. The normalized spacial score (nSPS) is 12.4. The lowest BCUT2D eigenvalue weighted by Gasteiger charge is -2.15. The number of carbonyl (C=O) groups is 3. The minimum absolute atomic E-state index is 0.105. The van der Waals surface area contributed by atoms with E-state index in [9.17, 15) is 24.5 Å². The highest BCUT2D eigenvalue weighted by atomic mass is 16.6. The Hall–Kier alpha value is -4.73. The third kappa shape index (κ3) is 3.74. The number of hydrogen-bond acceptors (Lipinski definition) is 7. The Kier molecular flexibility index (Phi) is 5.49. The zero-order chi connectivity index (χ0) is 23.7. The summed E-state index contributed by atoms with van der Waals surface area (Å²) in [5, 5.41) is 14.1. The highest BCUT2D eigenvalue weighted by molar-refractivity contribution is 6.34. The molecule has 3 amide bonds. The largest absolute Gasteiger partial charge is 0.493 e. The molecule has 166 valence electrons. The van der Waals surface area contributed by atoms with Crippen molar-refractivity contribution in [2.24, 2.45) is 0 Å². The number of imide groups is 1. The van der Waals surface area contributed by atoms with Crippen molar-refractivity contribution in [3.63, 3.8) is 0 Å². The number of nitro benzene ring substituents is 1. The number of nitrogens with one attached hydrogen (secondary N) is 1. The molecule has 0 aliphatic carbocycles. The van der Waals surface area contributed by atoms with Crippen LogP contribution in [0, 0.1) is 10.1 Å². The predicted octanol–water partition coefficient (Wildman–Crippen LogP) is 3.66. The molecule has 10 nitrogen and oxygen atoms in total. The summed E-state index contributed by atoms with van der Waals surface area (Å²) in [6, 6.07) is 14.9. The van der Waals surface area contributed by atoms with Gasteiger partial charge >= 0.3 is 0 Å². The van der Waals surface area contributed by atoms with Crippen LogP contribution in [0.25, 0.3) is 0 Å². The van der Waals surface area contributed by atoms with E-state index in [4.69, 9.17) is 9.47 Å². The lowest BCUT2D eigenvalue weighted by Crippen LogP contribution is -2.29. The molecule has 3 aromatic rings. The molecule has 0 spiro atoms. The van der Waals surface area contributed by atoms with Gasteiger partial charge in [0.1, 0.15) is 5.56 Å². The van der Waals surface area contributed by atoms with Crippen LogP contribution in [-0.4, -0.2) is 36.9 Å². The molecule has 4 rings (SSSR count). The van der Waals surface area contributed by atoms with E-state index < -0.39 is 28.3 Å². The number of anilines is 2. The Bertz CT molecular complexity index is 1280.